The summed E-state index contributed by atoms with van der Waals surface area (Å²) < 4.78 is 11.4. The van der Waals surface area contributed by atoms with E-state index >= 15 is 0 Å². The summed E-state index contributed by atoms with van der Waals surface area (Å²) in [5, 5.41) is 11.6. The average Bonchev–Trinajstić information content (AvgIpc) is 2.97. The molecule has 1 heterocycles. The molecule has 0 radical (unpaired) electrons. The molecule has 0 aliphatic carbocycles. The minimum atomic E-state index is -0.517. The van der Waals surface area contributed by atoms with E-state index in [1.54, 1.807) is 18.1 Å². The summed E-state index contributed by atoms with van der Waals surface area (Å²) in [4.78, 5) is 29.2. The van der Waals surface area contributed by atoms with Crippen LogP contribution in [0, 0.1) is 10.1 Å². The maximum Gasteiger partial charge on any atom is 0.270 e. The van der Waals surface area contributed by atoms with Gasteiger partial charge < -0.3 is 19.3 Å². The summed E-state index contributed by atoms with van der Waals surface area (Å²) in [6, 6.07) is 29.9. The first-order valence-electron chi connectivity index (χ1n) is 12.7. The smallest absolute Gasteiger partial charge is 0.270 e. The zero-order valence-electron chi connectivity index (χ0n) is 21.8. The van der Waals surface area contributed by atoms with Gasteiger partial charge >= 0.3 is 0 Å². The molecular formula is C31H29N3O5. The van der Waals surface area contributed by atoms with E-state index in [1.807, 2.05) is 85.8 Å². The maximum absolute atomic E-state index is 14.1. The molecule has 0 saturated heterocycles. The molecule has 0 saturated carbocycles. The number of nitro groups is 1. The number of carbonyl (C=O) groups is 1. The number of non-ortho nitro benzene ring substituents is 1. The van der Waals surface area contributed by atoms with Gasteiger partial charge in [-0.15, -0.1) is 0 Å². The van der Waals surface area contributed by atoms with Gasteiger partial charge in [-0.3, -0.25) is 14.9 Å². The molecule has 0 aromatic heterocycles. The van der Waals surface area contributed by atoms with Gasteiger partial charge in [0.05, 0.1) is 29.9 Å². The molecule has 8 nitrogen and oxygen atoms in total. The van der Waals surface area contributed by atoms with Gasteiger partial charge in [0.25, 0.3) is 11.6 Å². The third-order valence-electron chi connectivity index (χ3n) is 6.76. The normalized spacial score (nSPS) is 14.6. The van der Waals surface area contributed by atoms with Gasteiger partial charge in [-0.05, 0) is 41.8 Å². The Balaban J connectivity index is 1.71. The Hall–Kier alpha value is -4.85. The van der Waals surface area contributed by atoms with E-state index < -0.39 is 11.1 Å². The lowest BCUT2D eigenvalue weighted by molar-refractivity contribution is -0.384. The van der Waals surface area contributed by atoms with E-state index in [2.05, 4.69) is 4.90 Å². The summed E-state index contributed by atoms with van der Waals surface area (Å²) in [6.07, 6.45) is -0.517. The van der Waals surface area contributed by atoms with Crippen molar-refractivity contribution in [3.05, 3.63) is 129 Å². The highest BCUT2D eigenvalue weighted by atomic mass is 16.6. The van der Waals surface area contributed by atoms with Crippen LogP contribution in [0.1, 0.15) is 40.1 Å². The Bertz CT molecular complexity index is 1480. The Morgan fingerprint density at radius 2 is 1.46 bits per heavy atom. The van der Waals surface area contributed by atoms with Crippen LogP contribution in [0.15, 0.2) is 97.1 Å². The molecule has 0 spiro atoms. The molecule has 1 aliphatic heterocycles. The number of nitro benzene ring substituents is 1. The number of ether oxygens (including phenoxy) is 2. The third-order valence-corrected chi connectivity index (χ3v) is 6.76. The Labute approximate surface area is 227 Å². The molecule has 1 aliphatic rings. The predicted octanol–water partition coefficient (Wildman–Crippen LogP) is 6.36. The van der Waals surface area contributed by atoms with Gasteiger partial charge in [-0.2, -0.15) is 0 Å². The zero-order chi connectivity index (χ0) is 27.4. The van der Waals surface area contributed by atoms with E-state index in [1.165, 1.54) is 12.1 Å². The fourth-order valence-electron chi connectivity index (χ4n) is 4.99. The first-order chi connectivity index (χ1) is 19.0. The van der Waals surface area contributed by atoms with Crippen LogP contribution >= 0.6 is 0 Å². The summed E-state index contributed by atoms with van der Waals surface area (Å²) >= 11 is 0. The average molecular weight is 524 g/mol. The standard InChI is InChI=1S/C31H29N3O5/c1-3-39-28-17-14-24(18-29(28)38-2)30-32(20-22-10-6-4-7-11-22)27-16-15-25(34(36)37)19-26(27)31(35)33(30)21-23-12-8-5-9-13-23/h4-19,30H,3,20-21H2,1-2H3/t30-/m1/s1. The van der Waals surface area contributed by atoms with Gasteiger partial charge in [-0.1, -0.05) is 66.7 Å². The van der Waals surface area contributed by atoms with E-state index in [4.69, 9.17) is 9.47 Å². The molecule has 0 N–H and O–H groups in total. The topological polar surface area (TPSA) is 85.1 Å². The summed E-state index contributed by atoms with van der Waals surface area (Å²) in [6.45, 7) is 3.19. The summed E-state index contributed by atoms with van der Waals surface area (Å²) in [5.41, 5.74) is 3.63. The van der Waals surface area contributed by atoms with Crippen molar-refractivity contribution in [2.45, 2.75) is 26.2 Å². The maximum atomic E-state index is 14.1. The van der Waals surface area contributed by atoms with Crippen molar-refractivity contribution in [3.63, 3.8) is 0 Å². The predicted molar refractivity (Wildman–Crippen MR) is 149 cm³/mol. The third kappa shape index (κ3) is 5.27. The van der Waals surface area contributed by atoms with E-state index in [9.17, 15) is 14.9 Å². The van der Waals surface area contributed by atoms with Gasteiger partial charge in [0.15, 0.2) is 11.5 Å². The van der Waals surface area contributed by atoms with Crippen molar-refractivity contribution in [2.24, 2.45) is 0 Å². The lowest BCUT2D eigenvalue weighted by Gasteiger charge is -2.46. The second-order valence-corrected chi connectivity index (χ2v) is 9.21. The van der Waals surface area contributed by atoms with Crippen LogP contribution in [-0.2, 0) is 13.1 Å². The minimum absolute atomic E-state index is 0.123. The highest BCUT2D eigenvalue weighted by Gasteiger charge is 2.40. The van der Waals surface area contributed by atoms with Crippen LogP contribution in [0.3, 0.4) is 0 Å². The minimum Gasteiger partial charge on any atom is -0.493 e. The van der Waals surface area contributed by atoms with Gasteiger partial charge in [0.2, 0.25) is 0 Å². The number of hydrogen-bond donors (Lipinski definition) is 0. The van der Waals surface area contributed by atoms with E-state index in [-0.39, 0.29) is 11.6 Å². The Morgan fingerprint density at radius 1 is 0.821 bits per heavy atom. The van der Waals surface area contributed by atoms with Crippen molar-refractivity contribution < 1.29 is 19.2 Å². The molecule has 0 bridgehead atoms. The second-order valence-electron chi connectivity index (χ2n) is 9.21. The van der Waals surface area contributed by atoms with Crippen LogP contribution in [0.4, 0.5) is 11.4 Å². The molecule has 4 aromatic rings. The SMILES string of the molecule is CCOc1ccc([C@H]2N(Cc3ccccc3)C(=O)c3cc([N+](=O)[O-])ccc3N2Cc2ccccc2)cc1OC. The fraction of sp³-hybridized carbons (Fsp3) is 0.194. The van der Waals surface area contributed by atoms with Crippen LogP contribution in [-0.4, -0.2) is 29.4 Å². The van der Waals surface area contributed by atoms with Crippen LogP contribution in [0.25, 0.3) is 0 Å². The van der Waals surface area contributed by atoms with Gasteiger partial charge in [0, 0.05) is 25.2 Å². The van der Waals surface area contributed by atoms with Crippen molar-refractivity contribution >= 4 is 17.3 Å². The van der Waals surface area contributed by atoms with E-state index in [0.717, 1.165) is 16.7 Å². The zero-order valence-corrected chi connectivity index (χ0v) is 21.8. The molecule has 5 rings (SSSR count). The number of benzene rings is 4. The first-order valence-corrected chi connectivity index (χ1v) is 12.7. The number of hydrogen-bond acceptors (Lipinski definition) is 6. The van der Waals surface area contributed by atoms with Crippen molar-refractivity contribution in [1.82, 2.24) is 4.90 Å². The number of amides is 1. The quantitative estimate of drug-likeness (QED) is 0.187. The molecule has 0 unspecified atom stereocenters. The molecular weight excluding hydrogens is 494 g/mol. The molecule has 0 fully saturated rings. The second kappa shape index (κ2) is 11.3. The van der Waals surface area contributed by atoms with Gasteiger partial charge in [0.1, 0.15) is 6.17 Å². The first kappa shape index (κ1) is 25.8. The number of anilines is 1. The molecule has 39 heavy (non-hydrogen) atoms. The molecule has 1 amide bonds. The largest absolute Gasteiger partial charge is 0.493 e. The van der Waals surface area contributed by atoms with Crippen LogP contribution < -0.4 is 14.4 Å². The van der Waals surface area contributed by atoms with Crippen molar-refractivity contribution in [1.29, 1.82) is 0 Å². The Kier molecular flexibility index (Phi) is 7.45. The molecule has 4 aromatic carbocycles. The van der Waals surface area contributed by atoms with E-state index in [0.29, 0.717) is 42.4 Å². The molecule has 1 atom stereocenters. The molecule has 198 valence electrons. The Morgan fingerprint density at radius 3 is 2.05 bits per heavy atom. The number of fused-ring (bicyclic) bond motifs is 1. The van der Waals surface area contributed by atoms with Crippen molar-refractivity contribution in [3.8, 4) is 11.5 Å². The van der Waals surface area contributed by atoms with Crippen LogP contribution in [0.5, 0.6) is 11.5 Å². The number of nitrogens with zero attached hydrogens (tertiary/aromatic N) is 3. The highest BCUT2D eigenvalue weighted by Crippen LogP contribution is 2.43. The summed E-state index contributed by atoms with van der Waals surface area (Å²) in [5.74, 6) is 0.904. The molecule has 8 heteroatoms. The monoisotopic (exact) mass is 523 g/mol. The highest BCUT2D eigenvalue weighted by molar-refractivity contribution is 6.02. The fourth-order valence-corrected chi connectivity index (χ4v) is 4.99. The number of methoxy groups -OCH3 is 1. The lowest BCUT2D eigenvalue weighted by Crippen LogP contribution is -2.48. The number of rotatable bonds is 9. The van der Waals surface area contributed by atoms with Gasteiger partial charge in [-0.25, -0.2) is 0 Å². The van der Waals surface area contributed by atoms with Crippen LogP contribution in [0.2, 0.25) is 0 Å². The van der Waals surface area contributed by atoms with Crippen molar-refractivity contribution in [2.75, 3.05) is 18.6 Å². The lowest BCUT2D eigenvalue weighted by atomic mass is 9.98. The number of carbonyl (C=O) groups excluding carboxylic acids is 1. The summed E-state index contributed by atoms with van der Waals surface area (Å²) in [7, 11) is 1.59.